The largest absolute Gasteiger partial charge is 0.457 e. The van der Waals surface area contributed by atoms with E-state index in [1.54, 1.807) is 0 Å². The van der Waals surface area contributed by atoms with E-state index in [1.165, 1.54) is 64.3 Å². The van der Waals surface area contributed by atoms with Gasteiger partial charge in [-0.25, -0.2) is 4.98 Å². The second kappa shape index (κ2) is 12.8. The van der Waals surface area contributed by atoms with Gasteiger partial charge < -0.3 is 14.5 Å². The molecule has 7 heteroatoms. The lowest BCUT2D eigenvalue weighted by molar-refractivity contribution is 0.483. The molecule has 0 bridgehead atoms. The lowest BCUT2D eigenvalue weighted by Gasteiger charge is -2.25. The van der Waals surface area contributed by atoms with Crippen LogP contribution in [0.2, 0.25) is 19.6 Å². The standard InChI is InChI=1S/C49H44N4OSSi/c1-49(2,3)33-14-11-15-34(27-33)51-31-52(42-20-10-9-19-41(42)51)35-16-12-17-36(28-35)54-37-22-23-40-43(29-37)53(45-30-38(25-26-50-45)56(4,5)6)47-46-39-18-8-7-13-32(39)21-24-44(46)55-48(40)47/h7-30H,31H2,1-6H3. The summed E-state index contributed by atoms with van der Waals surface area (Å²) < 4.78 is 11.7. The lowest BCUT2D eigenvalue weighted by Crippen LogP contribution is -2.37. The Morgan fingerprint density at radius 1 is 0.661 bits per heavy atom. The van der Waals surface area contributed by atoms with Gasteiger partial charge in [0.25, 0.3) is 0 Å². The summed E-state index contributed by atoms with van der Waals surface area (Å²) in [4.78, 5) is 9.82. The van der Waals surface area contributed by atoms with Crippen LogP contribution in [0.1, 0.15) is 26.3 Å². The molecule has 0 amide bonds. The fourth-order valence-corrected chi connectivity index (χ4v) is 10.6. The number of hydrogen-bond acceptors (Lipinski definition) is 5. The van der Waals surface area contributed by atoms with Crippen molar-refractivity contribution >= 4 is 89.3 Å². The molecule has 4 heterocycles. The minimum atomic E-state index is -1.61. The Balaban J connectivity index is 1.07. The molecule has 0 N–H and O–H groups in total. The van der Waals surface area contributed by atoms with Crippen LogP contribution < -0.4 is 19.7 Å². The molecule has 276 valence electrons. The summed E-state index contributed by atoms with van der Waals surface area (Å²) >= 11 is 1.86. The SMILES string of the molecule is CC(C)(C)c1cccc(N2CN(c3cccc(Oc4ccc5c6sc7ccc8ccccc8c7c6n(-c6cc([Si](C)(C)C)ccn6)c5c4)c3)c3ccccc32)c1. The van der Waals surface area contributed by atoms with E-state index in [0.29, 0.717) is 6.67 Å². The maximum Gasteiger partial charge on any atom is 0.137 e. The molecule has 5 nitrogen and oxygen atoms in total. The van der Waals surface area contributed by atoms with Crippen LogP contribution in [0.5, 0.6) is 11.5 Å². The van der Waals surface area contributed by atoms with Crippen molar-refractivity contribution in [3.63, 3.8) is 0 Å². The summed E-state index contributed by atoms with van der Waals surface area (Å²) in [5, 5.41) is 6.37. The first-order chi connectivity index (χ1) is 27.0. The first-order valence-electron chi connectivity index (χ1n) is 19.4. The fraction of sp³-hybridized carbons (Fsp3) is 0.163. The van der Waals surface area contributed by atoms with Crippen molar-refractivity contribution in [3.8, 4) is 17.3 Å². The van der Waals surface area contributed by atoms with Gasteiger partial charge >= 0.3 is 0 Å². The van der Waals surface area contributed by atoms with Gasteiger partial charge in [0.1, 0.15) is 24.0 Å². The van der Waals surface area contributed by atoms with E-state index in [9.17, 15) is 0 Å². The first kappa shape index (κ1) is 34.6. The van der Waals surface area contributed by atoms with E-state index < -0.39 is 8.07 Å². The van der Waals surface area contributed by atoms with E-state index in [1.807, 2.05) is 17.5 Å². The van der Waals surface area contributed by atoms with Crippen molar-refractivity contribution in [2.24, 2.45) is 0 Å². The zero-order valence-electron chi connectivity index (χ0n) is 32.7. The van der Waals surface area contributed by atoms with Gasteiger partial charge in [0.2, 0.25) is 0 Å². The van der Waals surface area contributed by atoms with Gasteiger partial charge in [-0.15, -0.1) is 11.3 Å². The summed E-state index contributed by atoms with van der Waals surface area (Å²) in [5.41, 5.74) is 8.35. The Kier molecular flexibility index (Phi) is 7.93. The first-order valence-corrected chi connectivity index (χ1v) is 23.7. The maximum atomic E-state index is 6.77. The van der Waals surface area contributed by atoms with Gasteiger partial charge in [-0.05, 0) is 88.5 Å². The number of hydrogen-bond donors (Lipinski definition) is 0. The molecule has 0 fully saturated rings. The summed E-state index contributed by atoms with van der Waals surface area (Å²) in [7, 11) is -1.61. The summed E-state index contributed by atoms with van der Waals surface area (Å²) in [6, 6.07) is 50.4. The molecule has 0 spiro atoms. The lowest BCUT2D eigenvalue weighted by atomic mass is 9.87. The Hall–Kier alpha value is -5.89. The van der Waals surface area contributed by atoms with Gasteiger partial charge in [-0.3, -0.25) is 4.57 Å². The predicted octanol–water partition coefficient (Wildman–Crippen LogP) is 13.4. The number of nitrogens with zero attached hydrogens (tertiary/aromatic N) is 4. The molecule has 10 rings (SSSR count). The summed E-state index contributed by atoms with van der Waals surface area (Å²) in [6.45, 7) is 14.7. The van der Waals surface area contributed by atoms with Gasteiger partial charge in [-0.1, -0.05) is 106 Å². The molecular formula is C49H44N4OSSi. The number of anilines is 4. The number of aromatic nitrogens is 2. The van der Waals surface area contributed by atoms with E-state index in [-0.39, 0.29) is 5.41 Å². The molecule has 56 heavy (non-hydrogen) atoms. The number of benzene rings is 6. The van der Waals surface area contributed by atoms with Crippen LogP contribution in [0.3, 0.4) is 0 Å². The zero-order valence-corrected chi connectivity index (χ0v) is 34.5. The highest BCUT2D eigenvalue weighted by molar-refractivity contribution is 7.27. The summed E-state index contributed by atoms with van der Waals surface area (Å²) in [6.07, 6.45) is 1.98. The molecule has 0 atom stereocenters. The second-order valence-corrected chi connectivity index (χ2v) is 23.1. The smallest absolute Gasteiger partial charge is 0.137 e. The Labute approximate surface area is 333 Å². The van der Waals surface area contributed by atoms with Crippen LogP contribution in [-0.2, 0) is 5.41 Å². The minimum Gasteiger partial charge on any atom is -0.457 e. The van der Waals surface area contributed by atoms with Crippen molar-refractivity contribution in [3.05, 3.63) is 151 Å². The fourth-order valence-electron chi connectivity index (χ4n) is 8.21. The molecule has 1 aliphatic rings. The van der Waals surface area contributed by atoms with Crippen LogP contribution in [0.25, 0.3) is 47.8 Å². The van der Waals surface area contributed by atoms with E-state index in [2.05, 4.69) is 194 Å². The van der Waals surface area contributed by atoms with E-state index >= 15 is 0 Å². The molecule has 0 unspecified atom stereocenters. The number of rotatable bonds is 6. The molecule has 0 saturated carbocycles. The minimum absolute atomic E-state index is 0.0671. The number of para-hydroxylation sites is 2. The third-order valence-corrected chi connectivity index (χ3v) is 14.4. The maximum absolute atomic E-state index is 6.77. The Bertz CT molecular complexity index is 2990. The zero-order chi connectivity index (χ0) is 38.3. The van der Waals surface area contributed by atoms with Gasteiger partial charge in [-0.2, -0.15) is 0 Å². The van der Waals surface area contributed by atoms with E-state index in [0.717, 1.165) is 28.5 Å². The van der Waals surface area contributed by atoms with Crippen LogP contribution in [-0.4, -0.2) is 24.3 Å². The van der Waals surface area contributed by atoms with Crippen LogP contribution >= 0.6 is 11.3 Å². The highest BCUT2D eigenvalue weighted by Crippen LogP contribution is 2.47. The molecule has 3 aromatic heterocycles. The van der Waals surface area contributed by atoms with Crippen LogP contribution in [0, 0.1) is 0 Å². The number of thiophene rings is 1. The molecular weight excluding hydrogens is 721 g/mol. The Morgan fingerprint density at radius 2 is 1.38 bits per heavy atom. The Morgan fingerprint density at radius 3 is 2.14 bits per heavy atom. The van der Waals surface area contributed by atoms with Crippen LogP contribution in [0.15, 0.2) is 146 Å². The van der Waals surface area contributed by atoms with Gasteiger partial charge in [0, 0.05) is 45.2 Å². The molecule has 0 radical (unpaired) electrons. The molecule has 0 aliphatic carbocycles. The summed E-state index contributed by atoms with van der Waals surface area (Å²) in [5.74, 6) is 2.53. The van der Waals surface area contributed by atoms with Gasteiger partial charge in [0.15, 0.2) is 0 Å². The number of ether oxygens (including phenoxy) is 1. The third kappa shape index (κ3) is 5.76. The number of fused-ring (bicyclic) bond motifs is 8. The predicted molar refractivity (Wildman–Crippen MR) is 242 cm³/mol. The molecule has 9 aromatic rings. The number of pyridine rings is 1. The molecule has 0 saturated heterocycles. The van der Waals surface area contributed by atoms with Crippen molar-refractivity contribution in [1.82, 2.24) is 9.55 Å². The van der Waals surface area contributed by atoms with Crippen molar-refractivity contribution < 1.29 is 4.74 Å². The third-order valence-electron chi connectivity index (χ3n) is 11.2. The van der Waals surface area contributed by atoms with Crippen LogP contribution in [0.4, 0.5) is 22.7 Å². The average molecular weight is 765 g/mol. The molecule has 6 aromatic carbocycles. The monoisotopic (exact) mass is 764 g/mol. The second-order valence-electron chi connectivity index (χ2n) is 17.0. The average Bonchev–Trinajstić information content (AvgIpc) is 3.87. The highest BCUT2D eigenvalue weighted by Gasteiger charge is 2.29. The normalized spacial score (nSPS) is 13.4. The quantitative estimate of drug-likeness (QED) is 0.158. The van der Waals surface area contributed by atoms with Crippen molar-refractivity contribution in [2.75, 3.05) is 16.5 Å². The van der Waals surface area contributed by atoms with E-state index in [4.69, 9.17) is 9.72 Å². The topological polar surface area (TPSA) is 33.5 Å². The molecule has 1 aliphatic heterocycles. The van der Waals surface area contributed by atoms with Gasteiger partial charge in [0.05, 0.1) is 35.2 Å². The highest BCUT2D eigenvalue weighted by atomic mass is 32.1. The van der Waals surface area contributed by atoms with Crippen molar-refractivity contribution in [1.29, 1.82) is 0 Å². The van der Waals surface area contributed by atoms with Crippen molar-refractivity contribution in [2.45, 2.75) is 45.8 Å².